The lowest BCUT2D eigenvalue weighted by Crippen LogP contribution is -2.23. The average Bonchev–Trinajstić information content (AvgIpc) is 2.79. The van der Waals surface area contributed by atoms with Crippen LogP contribution in [0.3, 0.4) is 0 Å². The number of hydrogen-bond donors (Lipinski definition) is 1. The first kappa shape index (κ1) is 19.7. The number of nitrogens with zero attached hydrogens (tertiary/aromatic N) is 1. The van der Waals surface area contributed by atoms with Crippen LogP contribution in [0.25, 0.3) is 6.08 Å². The van der Waals surface area contributed by atoms with Crippen LogP contribution in [0.15, 0.2) is 76.9 Å². The van der Waals surface area contributed by atoms with Gasteiger partial charge in [-0.25, -0.2) is 0 Å². The Bertz CT molecular complexity index is 1070. The number of nitrogens with two attached hydrogens (primary N) is 1. The zero-order chi connectivity index (χ0) is 21.1. The minimum absolute atomic E-state index is 0.180. The number of allylic oxidation sites excluding steroid dienone is 3. The van der Waals surface area contributed by atoms with Gasteiger partial charge in [0, 0.05) is 5.92 Å². The summed E-state index contributed by atoms with van der Waals surface area (Å²) in [7, 11) is 3.29. The molecule has 2 N–H and O–H groups in total. The summed E-state index contributed by atoms with van der Waals surface area (Å²) in [5.74, 6) is 2.37. The molecule has 5 heteroatoms. The van der Waals surface area contributed by atoms with Gasteiger partial charge >= 0.3 is 0 Å². The van der Waals surface area contributed by atoms with E-state index in [1.54, 1.807) is 14.2 Å². The summed E-state index contributed by atoms with van der Waals surface area (Å²) < 4.78 is 16.5. The van der Waals surface area contributed by atoms with Crippen LogP contribution < -0.4 is 15.2 Å². The number of ether oxygens (including phenoxy) is 3. The van der Waals surface area contributed by atoms with Crippen molar-refractivity contribution in [1.29, 1.82) is 5.26 Å². The molecule has 0 spiro atoms. The third-order valence-corrected chi connectivity index (χ3v) is 5.62. The summed E-state index contributed by atoms with van der Waals surface area (Å²) in [5.41, 5.74) is 11.0. The number of benzene rings is 2. The van der Waals surface area contributed by atoms with E-state index in [2.05, 4.69) is 12.1 Å². The van der Waals surface area contributed by atoms with Crippen LogP contribution in [0.2, 0.25) is 0 Å². The monoisotopic (exact) mass is 400 g/mol. The van der Waals surface area contributed by atoms with E-state index < -0.39 is 0 Å². The van der Waals surface area contributed by atoms with Crippen LogP contribution in [0, 0.1) is 11.3 Å². The van der Waals surface area contributed by atoms with Gasteiger partial charge in [-0.15, -0.1) is 0 Å². The highest BCUT2D eigenvalue weighted by Gasteiger charge is 2.35. The van der Waals surface area contributed by atoms with Crippen molar-refractivity contribution >= 4 is 6.08 Å². The summed E-state index contributed by atoms with van der Waals surface area (Å²) in [6.07, 6.45) is 4.89. The fourth-order valence-corrected chi connectivity index (χ4v) is 4.11. The highest BCUT2D eigenvalue weighted by molar-refractivity contribution is 5.62. The molecule has 5 nitrogen and oxygen atoms in total. The molecule has 1 atom stereocenters. The Labute approximate surface area is 176 Å². The van der Waals surface area contributed by atoms with Gasteiger partial charge in [-0.2, -0.15) is 5.26 Å². The molecule has 0 aromatic heterocycles. The summed E-state index contributed by atoms with van der Waals surface area (Å²) >= 11 is 0. The van der Waals surface area contributed by atoms with Crippen molar-refractivity contribution < 1.29 is 14.2 Å². The van der Waals surface area contributed by atoms with Crippen molar-refractivity contribution in [1.82, 2.24) is 0 Å². The van der Waals surface area contributed by atoms with E-state index in [9.17, 15) is 5.26 Å². The fraction of sp³-hybridized carbons (Fsp3) is 0.240. The van der Waals surface area contributed by atoms with E-state index in [-0.39, 0.29) is 11.8 Å². The maximum Gasteiger partial charge on any atom is 0.205 e. The van der Waals surface area contributed by atoms with Crippen LogP contribution >= 0.6 is 0 Å². The van der Waals surface area contributed by atoms with E-state index in [1.807, 2.05) is 48.5 Å². The second-order valence-electron chi connectivity index (χ2n) is 7.35. The van der Waals surface area contributed by atoms with Gasteiger partial charge in [0.1, 0.15) is 28.9 Å². The Morgan fingerprint density at radius 3 is 2.23 bits per heavy atom. The molecule has 4 rings (SSSR count). The molecule has 0 fully saturated rings. The molecule has 0 unspecified atom stereocenters. The SMILES string of the molecule is COc1ccc(/C=C2\CCCC3=C2OC(N)=C(C#N)[C@@H]3c2ccc(OC)cc2)cc1. The Morgan fingerprint density at radius 2 is 1.63 bits per heavy atom. The van der Waals surface area contributed by atoms with E-state index in [1.165, 1.54) is 0 Å². The van der Waals surface area contributed by atoms with Crippen molar-refractivity contribution in [2.45, 2.75) is 25.2 Å². The predicted octanol–water partition coefficient (Wildman–Crippen LogP) is 5.03. The number of hydrogen-bond acceptors (Lipinski definition) is 5. The molecule has 2 aromatic rings. The molecule has 30 heavy (non-hydrogen) atoms. The van der Waals surface area contributed by atoms with Crippen molar-refractivity contribution in [3.63, 3.8) is 0 Å². The quantitative estimate of drug-likeness (QED) is 0.778. The molecular weight excluding hydrogens is 376 g/mol. The third-order valence-electron chi connectivity index (χ3n) is 5.62. The molecule has 1 aliphatic carbocycles. The van der Waals surface area contributed by atoms with Crippen LogP contribution in [-0.4, -0.2) is 14.2 Å². The van der Waals surface area contributed by atoms with Gasteiger partial charge in [-0.1, -0.05) is 24.3 Å². The van der Waals surface area contributed by atoms with Gasteiger partial charge in [-0.05, 0) is 71.9 Å². The molecule has 0 saturated carbocycles. The van der Waals surface area contributed by atoms with Crippen LogP contribution in [0.1, 0.15) is 36.3 Å². The van der Waals surface area contributed by atoms with E-state index in [0.717, 1.165) is 58.8 Å². The zero-order valence-corrected chi connectivity index (χ0v) is 17.1. The van der Waals surface area contributed by atoms with Crippen molar-refractivity contribution in [2.24, 2.45) is 5.73 Å². The van der Waals surface area contributed by atoms with E-state index in [4.69, 9.17) is 19.9 Å². The fourth-order valence-electron chi connectivity index (χ4n) is 4.11. The largest absolute Gasteiger partial charge is 0.497 e. The van der Waals surface area contributed by atoms with Gasteiger partial charge < -0.3 is 19.9 Å². The van der Waals surface area contributed by atoms with Gasteiger partial charge in [0.2, 0.25) is 5.88 Å². The summed E-state index contributed by atoms with van der Waals surface area (Å²) in [5, 5.41) is 9.79. The van der Waals surface area contributed by atoms with Gasteiger partial charge in [0.05, 0.1) is 14.2 Å². The molecule has 152 valence electrons. The minimum Gasteiger partial charge on any atom is -0.497 e. The average molecular weight is 400 g/mol. The highest BCUT2D eigenvalue weighted by atomic mass is 16.5. The summed E-state index contributed by atoms with van der Waals surface area (Å²) in [4.78, 5) is 0. The van der Waals surface area contributed by atoms with E-state index in [0.29, 0.717) is 5.57 Å². The van der Waals surface area contributed by atoms with Crippen molar-refractivity contribution in [3.8, 4) is 17.6 Å². The van der Waals surface area contributed by atoms with Gasteiger partial charge in [0.25, 0.3) is 0 Å². The normalized spacial score (nSPS) is 19.8. The Hall–Kier alpha value is -3.65. The van der Waals surface area contributed by atoms with Gasteiger partial charge in [-0.3, -0.25) is 0 Å². The predicted molar refractivity (Wildman–Crippen MR) is 115 cm³/mol. The Balaban J connectivity index is 1.78. The first-order valence-electron chi connectivity index (χ1n) is 9.94. The van der Waals surface area contributed by atoms with Crippen molar-refractivity contribution in [2.75, 3.05) is 14.2 Å². The molecule has 0 amide bonds. The molecule has 2 aliphatic rings. The molecule has 1 heterocycles. The summed E-state index contributed by atoms with van der Waals surface area (Å²) in [6, 6.07) is 18.0. The molecule has 0 radical (unpaired) electrons. The van der Waals surface area contributed by atoms with Crippen LogP contribution in [-0.2, 0) is 4.74 Å². The Kier molecular flexibility index (Phi) is 5.49. The first-order chi connectivity index (χ1) is 14.6. The van der Waals surface area contributed by atoms with Crippen LogP contribution in [0.5, 0.6) is 11.5 Å². The number of rotatable bonds is 4. The van der Waals surface area contributed by atoms with Crippen molar-refractivity contribution in [3.05, 3.63) is 88.0 Å². The lowest BCUT2D eigenvalue weighted by atomic mass is 9.77. The standard InChI is InChI=1S/C25H24N2O3/c1-28-19-10-6-16(7-11-19)14-18-4-3-5-21-23(17-8-12-20(29-2)13-9-17)22(15-26)25(27)30-24(18)21/h6-14,23H,3-5,27H2,1-2H3/b18-14+/t23-/m1/s1. The highest BCUT2D eigenvalue weighted by Crippen LogP contribution is 2.47. The lowest BCUT2D eigenvalue weighted by molar-refractivity contribution is 0.277. The molecular formula is C25H24N2O3. The topological polar surface area (TPSA) is 77.5 Å². The van der Waals surface area contributed by atoms with Gasteiger partial charge in [0.15, 0.2) is 0 Å². The zero-order valence-electron chi connectivity index (χ0n) is 17.1. The first-order valence-corrected chi connectivity index (χ1v) is 9.94. The maximum absolute atomic E-state index is 9.79. The second kappa shape index (κ2) is 8.38. The number of nitriles is 1. The summed E-state index contributed by atoms with van der Waals surface area (Å²) in [6.45, 7) is 0. The lowest BCUT2D eigenvalue weighted by Gasteiger charge is -2.33. The minimum atomic E-state index is -0.204. The third kappa shape index (κ3) is 3.65. The molecule has 1 aliphatic heterocycles. The molecule has 0 saturated heterocycles. The molecule has 0 bridgehead atoms. The smallest absolute Gasteiger partial charge is 0.205 e. The maximum atomic E-state index is 9.79. The van der Waals surface area contributed by atoms with E-state index >= 15 is 0 Å². The van der Waals surface area contributed by atoms with Crippen LogP contribution in [0.4, 0.5) is 0 Å². The second-order valence-corrected chi connectivity index (χ2v) is 7.35. The Morgan fingerprint density at radius 1 is 1.00 bits per heavy atom. The molecule has 2 aromatic carbocycles. The number of methoxy groups -OCH3 is 2.